The van der Waals surface area contributed by atoms with E-state index in [1.165, 1.54) is 5.39 Å². The second-order valence-corrected chi connectivity index (χ2v) is 6.99. The molecule has 0 aliphatic rings. The summed E-state index contributed by atoms with van der Waals surface area (Å²) >= 11 is 0. The minimum absolute atomic E-state index is 0. The fourth-order valence-corrected chi connectivity index (χ4v) is 3.85. The minimum Gasteiger partial charge on any atom is -0.504 e. The Morgan fingerprint density at radius 1 is 0.893 bits per heavy atom. The van der Waals surface area contributed by atoms with Crippen LogP contribution < -0.4 is 4.52 Å². The number of rotatable bonds is 5. The third-order valence-electron chi connectivity index (χ3n) is 4.45. The van der Waals surface area contributed by atoms with Gasteiger partial charge in [-0.25, -0.2) is 4.52 Å². The van der Waals surface area contributed by atoms with Crippen molar-refractivity contribution in [2.24, 2.45) is 0 Å². The monoisotopic (exact) mass is 400 g/mol. The Labute approximate surface area is 186 Å². The molecule has 4 nitrogen and oxygen atoms in total. The maximum Gasteiger partial charge on any atom is 0.750 e. The molecule has 1 N–H and O–H groups in total. The van der Waals surface area contributed by atoms with Crippen molar-refractivity contribution in [3.63, 3.8) is 0 Å². The van der Waals surface area contributed by atoms with E-state index in [-0.39, 0.29) is 47.7 Å². The van der Waals surface area contributed by atoms with Gasteiger partial charge in [-0.05, 0) is 57.8 Å². The molecule has 0 bridgehead atoms. The predicted octanol–water partition coefficient (Wildman–Crippen LogP) is 6.06. The zero-order valence-electron chi connectivity index (χ0n) is 15.8. The molecule has 0 saturated carbocycles. The summed E-state index contributed by atoms with van der Waals surface area (Å²) in [5.74, 6) is 0.0613. The van der Waals surface area contributed by atoms with Crippen LogP contribution in [-0.2, 0) is 9.09 Å². The minimum atomic E-state index is -2.30. The molecule has 135 valence electrons. The number of phenolic OH excluding ortho intramolecular Hbond substituents is 1. The van der Waals surface area contributed by atoms with Crippen LogP contribution in [0.4, 0.5) is 0 Å². The Bertz CT molecular complexity index is 1160. The number of aromatic hydroxyl groups is 1. The quantitative estimate of drug-likeness (QED) is 0.251. The Hall–Kier alpha value is -1.94. The van der Waals surface area contributed by atoms with Gasteiger partial charge < -0.3 is 5.11 Å². The van der Waals surface area contributed by atoms with E-state index in [0.29, 0.717) is 0 Å². The van der Waals surface area contributed by atoms with E-state index in [0.717, 1.165) is 27.3 Å². The van der Waals surface area contributed by atoms with Gasteiger partial charge in [0.25, 0.3) is 0 Å². The first-order chi connectivity index (χ1) is 13.2. The molecule has 1 radical (unpaired) electrons. The molecular weight excluding hydrogens is 382 g/mol. The number of hydrogen-bond donors (Lipinski definition) is 1. The molecule has 0 fully saturated rings. The number of hydrogen-bond acceptors (Lipinski definition) is 4. The molecular formula is C22H18NaO4P+. The first-order valence-electron chi connectivity index (χ1n) is 8.69. The van der Waals surface area contributed by atoms with Crippen LogP contribution in [0.25, 0.3) is 32.7 Å². The molecule has 4 aromatic rings. The van der Waals surface area contributed by atoms with Gasteiger partial charge in [-0.15, -0.1) is 4.52 Å². The molecule has 4 aromatic carbocycles. The normalized spacial score (nSPS) is 11.2. The summed E-state index contributed by atoms with van der Waals surface area (Å²) in [5.41, 5.74) is 1.87. The number of benzene rings is 4. The van der Waals surface area contributed by atoms with Gasteiger partial charge in [0, 0.05) is 34.1 Å². The fourth-order valence-electron chi connectivity index (χ4n) is 3.27. The summed E-state index contributed by atoms with van der Waals surface area (Å²) in [5, 5.41) is 14.9. The van der Waals surface area contributed by atoms with Gasteiger partial charge in [0.1, 0.15) is 6.61 Å². The van der Waals surface area contributed by atoms with Crippen LogP contribution in [0.3, 0.4) is 0 Å². The second-order valence-electron chi connectivity index (χ2n) is 6.11. The van der Waals surface area contributed by atoms with Crippen molar-refractivity contribution in [1.29, 1.82) is 0 Å². The molecule has 4 rings (SSSR count). The summed E-state index contributed by atoms with van der Waals surface area (Å²) in [6.07, 6.45) is 0. The van der Waals surface area contributed by atoms with E-state index in [2.05, 4.69) is 30.3 Å². The van der Waals surface area contributed by atoms with Gasteiger partial charge in [0.15, 0.2) is 5.75 Å². The van der Waals surface area contributed by atoms with E-state index in [1.54, 1.807) is 19.1 Å². The summed E-state index contributed by atoms with van der Waals surface area (Å²) in [6.45, 7) is 2.00. The van der Waals surface area contributed by atoms with Gasteiger partial charge in [0.2, 0.25) is 5.75 Å². The predicted molar refractivity (Wildman–Crippen MR) is 114 cm³/mol. The molecule has 1 atom stereocenters. The average Bonchev–Trinajstić information content (AvgIpc) is 2.69. The van der Waals surface area contributed by atoms with Crippen LogP contribution in [0.1, 0.15) is 6.92 Å². The zero-order chi connectivity index (χ0) is 18.8. The van der Waals surface area contributed by atoms with Crippen molar-refractivity contribution in [2.45, 2.75) is 6.92 Å². The van der Waals surface area contributed by atoms with Gasteiger partial charge in [-0.1, -0.05) is 54.6 Å². The van der Waals surface area contributed by atoms with Crippen LogP contribution in [0.2, 0.25) is 0 Å². The van der Waals surface area contributed by atoms with Gasteiger partial charge in [-0.2, -0.15) is 0 Å². The van der Waals surface area contributed by atoms with E-state index in [9.17, 15) is 9.67 Å². The molecule has 28 heavy (non-hydrogen) atoms. The van der Waals surface area contributed by atoms with Gasteiger partial charge >= 0.3 is 8.25 Å². The third-order valence-corrected chi connectivity index (χ3v) is 5.26. The Kier molecular flexibility index (Phi) is 6.71. The first-order valence-corrected chi connectivity index (χ1v) is 9.79. The van der Waals surface area contributed by atoms with Crippen molar-refractivity contribution in [3.05, 3.63) is 72.8 Å². The molecule has 0 heterocycles. The largest absolute Gasteiger partial charge is 0.750 e. The Balaban J connectivity index is 0.00000225. The van der Waals surface area contributed by atoms with Crippen LogP contribution in [0.15, 0.2) is 72.8 Å². The molecule has 0 aromatic heterocycles. The first kappa shape index (κ1) is 20.8. The van der Waals surface area contributed by atoms with E-state index < -0.39 is 8.25 Å². The molecule has 6 heteroatoms. The molecule has 0 spiro atoms. The van der Waals surface area contributed by atoms with Crippen molar-refractivity contribution in [2.75, 3.05) is 6.61 Å². The van der Waals surface area contributed by atoms with Crippen molar-refractivity contribution in [3.8, 4) is 22.6 Å². The maximum atomic E-state index is 11.6. The second kappa shape index (κ2) is 9.04. The van der Waals surface area contributed by atoms with Crippen LogP contribution in [-0.4, -0.2) is 41.3 Å². The average molecular weight is 400 g/mol. The van der Waals surface area contributed by atoms with Crippen LogP contribution in [0.5, 0.6) is 11.5 Å². The standard InChI is InChI=1S/C22H17O4P.Na/c1-2-25-27(24)26-22-12-11-16(14-21(22)23)20-13-15-7-3-4-8-17(15)18-9-5-6-10-19(18)20;/h3-14H,2H2,1H3;/p+1. The number of phenols is 1. The van der Waals surface area contributed by atoms with E-state index >= 15 is 0 Å². The van der Waals surface area contributed by atoms with Crippen LogP contribution >= 0.6 is 8.25 Å². The molecule has 0 saturated heterocycles. The van der Waals surface area contributed by atoms with E-state index in [4.69, 9.17) is 9.05 Å². The molecule has 0 aliphatic heterocycles. The maximum absolute atomic E-state index is 11.6. The van der Waals surface area contributed by atoms with Crippen molar-refractivity contribution < 1.29 is 18.7 Å². The fraction of sp³-hybridized carbons (Fsp3) is 0.0909. The Morgan fingerprint density at radius 3 is 2.29 bits per heavy atom. The summed E-state index contributed by atoms with van der Waals surface area (Å²) < 4.78 is 21.7. The van der Waals surface area contributed by atoms with E-state index in [1.807, 2.05) is 30.3 Å². The summed E-state index contributed by atoms with van der Waals surface area (Å²) in [6, 6.07) is 23.6. The van der Waals surface area contributed by atoms with Crippen LogP contribution in [0, 0.1) is 0 Å². The Morgan fingerprint density at radius 2 is 1.57 bits per heavy atom. The van der Waals surface area contributed by atoms with Gasteiger partial charge in [-0.3, -0.25) is 0 Å². The molecule has 0 aliphatic carbocycles. The smallest absolute Gasteiger partial charge is 0.504 e. The van der Waals surface area contributed by atoms with Crippen molar-refractivity contribution >= 4 is 59.4 Å². The van der Waals surface area contributed by atoms with Crippen molar-refractivity contribution in [1.82, 2.24) is 0 Å². The summed E-state index contributed by atoms with van der Waals surface area (Å²) in [7, 11) is -2.30. The zero-order valence-corrected chi connectivity index (χ0v) is 18.6. The number of fused-ring (bicyclic) bond motifs is 3. The molecule has 0 amide bonds. The SMILES string of the molecule is CCO[P+](=O)Oc1ccc(-c2cc3ccccc3c3ccccc23)cc1O.[Na]. The van der Waals surface area contributed by atoms with Gasteiger partial charge in [0.05, 0.1) is 0 Å². The summed E-state index contributed by atoms with van der Waals surface area (Å²) in [4.78, 5) is 0. The third kappa shape index (κ3) is 4.07. The molecule has 1 unspecified atom stereocenters. The topological polar surface area (TPSA) is 55.8 Å².